The van der Waals surface area contributed by atoms with Gasteiger partial charge in [-0.1, -0.05) is 19.9 Å². The van der Waals surface area contributed by atoms with Gasteiger partial charge in [-0.05, 0) is 41.3 Å². The van der Waals surface area contributed by atoms with Crippen molar-refractivity contribution in [3.05, 3.63) is 47.0 Å². The first-order valence-corrected chi connectivity index (χ1v) is 8.59. The van der Waals surface area contributed by atoms with Crippen LogP contribution in [0.5, 0.6) is 23.0 Å². The van der Waals surface area contributed by atoms with Crippen LogP contribution in [0.15, 0.2) is 30.3 Å². The molecule has 5 nitrogen and oxygen atoms in total. The van der Waals surface area contributed by atoms with Gasteiger partial charge in [0.25, 0.3) is 0 Å². The van der Waals surface area contributed by atoms with Gasteiger partial charge in [-0.2, -0.15) is 0 Å². The molecule has 5 heteroatoms. The molecule has 0 aliphatic heterocycles. The van der Waals surface area contributed by atoms with Crippen LogP contribution in [0.25, 0.3) is 0 Å². The molecule has 0 unspecified atom stereocenters. The third kappa shape index (κ3) is 2.77. The number of hydrogen-bond donors (Lipinski definition) is 1. The van der Waals surface area contributed by atoms with Crippen LogP contribution in [0.2, 0.25) is 0 Å². The van der Waals surface area contributed by atoms with Crippen LogP contribution in [0.1, 0.15) is 41.3 Å². The van der Waals surface area contributed by atoms with Gasteiger partial charge < -0.3 is 19.3 Å². The van der Waals surface area contributed by atoms with Crippen molar-refractivity contribution in [3.63, 3.8) is 0 Å². The van der Waals surface area contributed by atoms with Gasteiger partial charge in [0.1, 0.15) is 0 Å². The summed E-state index contributed by atoms with van der Waals surface area (Å²) in [6.07, 6.45) is 0. The van der Waals surface area contributed by atoms with E-state index < -0.39 is 0 Å². The smallest absolute Gasteiger partial charge is 0.166 e. The molecule has 138 valence electrons. The van der Waals surface area contributed by atoms with Crippen molar-refractivity contribution in [2.75, 3.05) is 21.3 Å². The Morgan fingerprint density at radius 2 is 1.54 bits per heavy atom. The van der Waals surface area contributed by atoms with Crippen molar-refractivity contribution in [2.45, 2.75) is 19.8 Å². The van der Waals surface area contributed by atoms with Crippen molar-refractivity contribution < 1.29 is 24.1 Å². The van der Waals surface area contributed by atoms with E-state index >= 15 is 0 Å². The summed E-state index contributed by atoms with van der Waals surface area (Å²) >= 11 is 0. The van der Waals surface area contributed by atoms with E-state index in [0.717, 1.165) is 11.1 Å². The summed E-state index contributed by atoms with van der Waals surface area (Å²) in [5.41, 5.74) is 2.43. The zero-order valence-electron chi connectivity index (χ0n) is 15.7. The Morgan fingerprint density at radius 3 is 2.15 bits per heavy atom. The number of aromatic hydroxyl groups is 1. The van der Waals surface area contributed by atoms with Gasteiger partial charge in [0, 0.05) is 17.4 Å². The zero-order chi connectivity index (χ0) is 19.0. The predicted octanol–water partition coefficient (Wildman–Crippen LogP) is 4.02. The molecule has 0 bridgehead atoms. The minimum Gasteiger partial charge on any atom is -0.504 e. The standard InChI is InChI=1S/C21H24O5/c1-11-12(2)21(23)15-10-18(25-4)16(22)9-14(15)20(11)13-6-7-17(24-3)19(8-13)26-5/h6-12,20,22H,1-5H3/t11-,12-,20+/m0/s1. The van der Waals surface area contributed by atoms with E-state index in [9.17, 15) is 9.90 Å². The average molecular weight is 356 g/mol. The molecule has 2 aromatic rings. The average Bonchev–Trinajstić information content (AvgIpc) is 2.66. The number of phenolic OH excluding ortho intramolecular Hbond substituents is 1. The molecule has 0 saturated heterocycles. The van der Waals surface area contributed by atoms with Crippen molar-refractivity contribution in [1.82, 2.24) is 0 Å². The minimum absolute atomic E-state index is 0.0336. The summed E-state index contributed by atoms with van der Waals surface area (Å²) in [4.78, 5) is 12.8. The Bertz CT molecular complexity index is 843. The summed E-state index contributed by atoms with van der Waals surface area (Å²) in [6.45, 7) is 4.01. The van der Waals surface area contributed by atoms with Crippen LogP contribution in [0, 0.1) is 11.8 Å². The number of carbonyl (C=O) groups excluding carboxylic acids is 1. The van der Waals surface area contributed by atoms with Crippen LogP contribution in [-0.2, 0) is 0 Å². The Balaban J connectivity index is 2.20. The van der Waals surface area contributed by atoms with E-state index in [0.29, 0.717) is 22.8 Å². The maximum absolute atomic E-state index is 12.8. The second-order valence-electron chi connectivity index (χ2n) is 6.72. The summed E-state index contributed by atoms with van der Waals surface area (Å²) in [5.74, 6) is 1.59. The number of phenols is 1. The highest BCUT2D eigenvalue weighted by Crippen LogP contribution is 2.47. The Labute approximate surface area is 153 Å². The van der Waals surface area contributed by atoms with Gasteiger partial charge in [0.15, 0.2) is 28.8 Å². The van der Waals surface area contributed by atoms with E-state index in [2.05, 4.69) is 6.92 Å². The van der Waals surface area contributed by atoms with Crippen LogP contribution in [-0.4, -0.2) is 32.2 Å². The summed E-state index contributed by atoms with van der Waals surface area (Å²) in [5, 5.41) is 10.3. The number of hydrogen-bond acceptors (Lipinski definition) is 5. The van der Waals surface area contributed by atoms with Gasteiger partial charge in [0.2, 0.25) is 0 Å². The van der Waals surface area contributed by atoms with E-state index in [-0.39, 0.29) is 29.3 Å². The highest BCUT2D eigenvalue weighted by Gasteiger charge is 2.39. The molecule has 2 aromatic carbocycles. The second-order valence-corrected chi connectivity index (χ2v) is 6.72. The molecular formula is C21H24O5. The number of rotatable bonds is 4. The van der Waals surface area contributed by atoms with Crippen LogP contribution >= 0.6 is 0 Å². The van der Waals surface area contributed by atoms with E-state index in [4.69, 9.17) is 14.2 Å². The minimum atomic E-state index is -0.144. The first-order chi connectivity index (χ1) is 12.4. The van der Waals surface area contributed by atoms with Gasteiger partial charge >= 0.3 is 0 Å². The molecule has 1 aliphatic carbocycles. The number of fused-ring (bicyclic) bond motifs is 1. The molecule has 26 heavy (non-hydrogen) atoms. The summed E-state index contributed by atoms with van der Waals surface area (Å²) in [7, 11) is 4.68. The second kappa shape index (κ2) is 6.90. The van der Waals surface area contributed by atoms with Crippen LogP contribution in [0.4, 0.5) is 0 Å². The van der Waals surface area contributed by atoms with E-state index in [1.54, 1.807) is 26.4 Å². The topological polar surface area (TPSA) is 65.0 Å². The number of benzene rings is 2. The zero-order valence-corrected chi connectivity index (χ0v) is 15.7. The lowest BCUT2D eigenvalue weighted by atomic mass is 9.67. The maximum Gasteiger partial charge on any atom is 0.166 e. The van der Waals surface area contributed by atoms with Gasteiger partial charge in [-0.25, -0.2) is 0 Å². The van der Waals surface area contributed by atoms with Crippen molar-refractivity contribution in [2.24, 2.45) is 11.8 Å². The molecule has 0 spiro atoms. The number of ketones is 1. The number of carbonyl (C=O) groups is 1. The van der Waals surface area contributed by atoms with Gasteiger partial charge in [-0.3, -0.25) is 4.79 Å². The first-order valence-electron chi connectivity index (χ1n) is 8.59. The molecule has 0 heterocycles. The molecule has 0 aromatic heterocycles. The lowest BCUT2D eigenvalue weighted by molar-refractivity contribution is 0.0865. The quantitative estimate of drug-likeness (QED) is 0.896. The number of ether oxygens (including phenoxy) is 3. The molecule has 0 amide bonds. The lowest BCUT2D eigenvalue weighted by Gasteiger charge is -2.36. The number of Topliss-reactive ketones (excluding diaryl/α,β-unsaturated/α-hetero) is 1. The third-order valence-electron chi connectivity index (χ3n) is 5.45. The molecule has 3 atom stereocenters. The summed E-state index contributed by atoms with van der Waals surface area (Å²) in [6, 6.07) is 9.08. The molecule has 3 rings (SSSR count). The Morgan fingerprint density at radius 1 is 0.885 bits per heavy atom. The Hall–Kier alpha value is -2.69. The van der Waals surface area contributed by atoms with Crippen molar-refractivity contribution in [3.8, 4) is 23.0 Å². The lowest BCUT2D eigenvalue weighted by Crippen LogP contribution is -2.32. The monoisotopic (exact) mass is 356 g/mol. The van der Waals surface area contributed by atoms with E-state index in [1.165, 1.54) is 7.11 Å². The van der Waals surface area contributed by atoms with Crippen molar-refractivity contribution in [1.29, 1.82) is 0 Å². The molecule has 1 aliphatic rings. The normalized spacial score (nSPS) is 21.9. The number of methoxy groups -OCH3 is 3. The molecule has 0 saturated carbocycles. The SMILES string of the molecule is COc1cc2c(cc1O)[C@@H](c1ccc(OC)c(OC)c1)[C@@H](C)[C@H](C)C2=O. The predicted molar refractivity (Wildman–Crippen MR) is 98.7 cm³/mol. The van der Waals surface area contributed by atoms with Crippen molar-refractivity contribution >= 4 is 5.78 Å². The third-order valence-corrected chi connectivity index (χ3v) is 5.45. The Kier molecular flexibility index (Phi) is 4.81. The highest BCUT2D eigenvalue weighted by molar-refractivity contribution is 6.01. The fraction of sp³-hybridized carbons (Fsp3) is 0.381. The molecule has 1 N–H and O–H groups in total. The molecule has 0 fully saturated rings. The van der Waals surface area contributed by atoms with E-state index in [1.807, 2.05) is 25.1 Å². The molecular weight excluding hydrogens is 332 g/mol. The summed E-state index contributed by atoms with van der Waals surface area (Å²) < 4.78 is 16.0. The van der Waals surface area contributed by atoms with Crippen LogP contribution < -0.4 is 14.2 Å². The largest absolute Gasteiger partial charge is 0.504 e. The highest BCUT2D eigenvalue weighted by atomic mass is 16.5. The first kappa shape index (κ1) is 18.1. The van der Waals surface area contributed by atoms with Gasteiger partial charge in [-0.15, -0.1) is 0 Å². The fourth-order valence-corrected chi connectivity index (χ4v) is 3.80. The molecule has 0 radical (unpaired) electrons. The fourth-order valence-electron chi connectivity index (χ4n) is 3.80. The van der Waals surface area contributed by atoms with Gasteiger partial charge in [0.05, 0.1) is 21.3 Å². The maximum atomic E-state index is 12.8. The van der Waals surface area contributed by atoms with Crippen LogP contribution in [0.3, 0.4) is 0 Å².